The molecule has 0 aromatic heterocycles. The first-order chi connectivity index (χ1) is 12.1. The standard InChI is InChI=1S/C17H23N3O5/c1-3-9-25-13-6-5-12(10-14(13)24-4-2)16(22)18-7-8-20-15(21)11-19-17(20)23/h5-6,10H,3-4,7-9,11H2,1-2H3,(H,18,22)(H,19,23). The monoisotopic (exact) mass is 349 g/mol. The number of nitrogens with zero attached hydrogens (tertiary/aromatic N) is 1. The molecule has 136 valence electrons. The van der Waals surface area contributed by atoms with E-state index in [0.29, 0.717) is 30.3 Å². The Kier molecular flexibility index (Phi) is 6.62. The molecule has 0 saturated carbocycles. The van der Waals surface area contributed by atoms with Gasteiger partial charge in [0.15, 0.2) is 11.5 Å². The quantitative estimate of drug-likeness (QED) is 0.652. The molecular formula is C17H23N3O5. The van der Waals surface area contributed by atoms with Crippen LogP contribution in [-0.4, -0.2) is 55.6 Å². The molecule has 0 atom stereocenters. The molecule has 2 rings (SSSR count). The summed E-state index contributed by atoms with van der Waals surface area (Å²) < 4.78 is 11.1. The number of amides is 4. The fraction of sp³-hybridized carbons (Fsp3) is 0.471. The summed E-state index contributed by atoms with van der Waals surface area (Å²) in [5.41, 5.74) is 0.421. The van der Waals surface area contributed by atoms with Crippen molar-refractivity contribution >= 4 is 17.8 Å². The minimum Gasteiger partial charge on any atom is -0.490 e. The molecule has 1 aromatic rings. The van der Waals surface area contributed by atoms with Gasteiger partial charge in [-0.3, -0.25) is 14.5 Å². The highest BCUT2D eigenvalue weighted by Gasteiger charge is 2.27. The second-order valence-electron chi connectivity index (χ2n) is 5.40. The summed E-state index contributed by atoms with van der Waals surface area (Å²) in [5, 5.41) is 5.12. The Bertz CT molecular complexity index is 631. The number of hydrogen-bond acceptors (Lipinski definition) is 5. The van der Waals surface area contributed by atoms with Gasteiger partial charge in [-0.15, -0.1) is 0 Å². The molecule has 1 fully saturated rings. The molecule has 0 unspecified atom stereocenters. The van der Waals surface area contributed by atoms with Gasteiger partial charge in [0.25, 0.3) is 5.91 Å². The maximum absolute atomic E-state index is 12.3. The summed E-state index contributed by atoms with van der Waals surface area (Å²) in [4.78, 5) is 36.2. The predicted octanol–water partition coefficient (Wildman–Crippen LogP) is 1.16. The van der Waals surface area contributed by atoms with E-state index in [1.165, 1.54) is 0 Å². The fourth-order valence-electron chi connectivity index (χ4n) is 2.31. The minimum atomic E-state index is -0.435. The SMILES string of the molecule is CCCOc1ccc(C(=O)NCCN2C(=O)CNC2=O)cc1OCC. The number of carbonyl (C=O) groups is 3. The van der Waals surface area contributed by atoms with Crippen LogP contribution in [0.15, 0.2) is 18.2 Å². The zero-order valence-corrected chi connectivity index (χ0v) is 14.5. The molecule has 8 nitrogen and oxygen atoms in total. The molecule has 1 saturated heterocycles. The van der Waals surface area contributed by atoms with E-state index in [9.17, 15) is 14.4 Å². The topological polar surface area (TPSA) is 97.0 Å². The third-order valence-corrected chi connectivity index (χ3v) is 3.53. The number of urea groups is 1. The Morgan fingerprint density at radius 2 is 2.04 bits per heavy atom. The van der Waals surface area contributed by atoms with E-state index in [1.54, 1.807) is 18.2 Å². The zero-order chi connectivity index (χ0) is 18.2. The Labute approximate surface area is 146 Å². The molecule has 0 aliphatic carbocycles. The zero-order valence-electron chi connectivity index (χ0n) is 14.5. The molecule has 0 spiro atoms. The maximum atomic E-state index is 12.3. The third-order valence-electron chi connectivity index (χ3n) is 3.53. The van der Waals surface area contributed by atoms with Gasteiger partial charge in [-0.25, -0.2) is 4.79 Å². The molecule has 1 aromatic carbocycles. The second kappa shape index (κ2) is 8.91. The Hall–Kier alpha value is -2.77. The number of ether oxygens (including phenoxy) is 2. The Morgan fingerprint density at radius 1 is 1.24 bits per heavy atom. The number of imide groups is 1. The van der Waals surface area contributed by atoms with Crippen LogP contribution in [0.4, 0.5) is 4.79 Å². The Morgan fingerprint density at radius 3 is 2.68 bits per heavy atom. The summed E-state index contributed by atoms with van der Waals surface area (Å²) in [7, 11) is 0. The molecule has 1 aliphatic heterocycles. The van der Waals surface area contributed by atoms with Crippen molar-refractivity contribution in [2.75, 3.05) is 32.8 Å². The van der Waals surface area contributed by atoms with Crippen LogP contribution < -0.4 is 20.1 Å². The van der Waals surface area contributed by atoms with Crippen LogP contribution in [0.3, 0.4) is 0 Å². The third kappa shape index (κ3) is 4.85. The van der Waals surface area contributed by atoms with Crippen LogP contribution in [0.2, 0.25) is 0 Å². The highest BCUT2D eigenvalue weighted by molar-refractivity contribution is 6.02. The lowest BCUT2D eigenvalue weighted by Crippen LogP contribution is -2.38. The maximum Gasteiger partial charge on any atom is 0.324 e. The molecule has 0 bridgehead atoms. The lowest BCUT2D eigenvalue weighted by atomic mass is 10.2. The molecule has 2 N–H and O–H groups in total. The number of hydrogen-bond donors (Lipinski definition) is 2. The van der Waals surface area contributed by atoms with Gasteiger partial charge in [-0.1, -0.05) is 6.92 Å². The number of benzene rings is 1. The molecular weight excluding hydrogens is 326 g/mol. The van der Waals surface area contributed by atoms with Crippen molar-refractivity contribution in [3.05, 3.63) is 23.8 Å². The van der Waals surface area contributed by atoms with Gasteiger partial charge >= 0.3 is 6.03 Å². The summed E-state index contributed by atoms with van der Waals surface area (Å²) in [6.07, 6.45) is 0.872. The van der Waals surface area contributed by atoms with Crippen LogP contribution in [0, 0.1) is 0 Å². The van der Waals surface area contributed by atoms with E-state index in [0.717, 1.165) is 11.3 Å². The first-order valence-electron chi connectivity index (χ1n) is 8.32. The number of nitrogens with one attached hydrogen (secondary N) is 2. The van der Waals surface area contributed by atoms with Crippen molar-refractivity contribution < 1.29 is 23.9 Å². The lowest BCUT2D eigenvalue weighted by molar-refractivity contribution is -0.124. The normalized spacial score (nSPS) is 13.6. The van der Waals surface area contributed by atoms with Crippen LogP contribution in [-0.2, 0) is 4.79 Å². The highest BCUT2D eigenvalue weighted by Crippen LogP contribution is 2.28. The summed E-state index contributed by atoms with van der Waals surface area (Å²) in [5.74, 6) is 0.502. The van der Waals surface area contributed by atoms with Crippen molar-refractivity contribution in [2.45, 2.75) is 20.3 Å². The van der Waals surface area contributed by atoms with E-state index >= 15 is 0 Å². The first-order valence-corrected chi connectivity index (χ1v) is 8.32. The molecule has 4 amide bonds. The molecule has 0 radical (unpaired) electrons. The molecule has 25 heavy (non-hydrogen) atoms. The number of rotatable bonds is 9. The van der Waals surface area contributed by atoms with Gasteiger partial charge in [0.2, 0.25) is 5.91 Å². The van der Waals surface area contributed by atoms with E-state index < -0.39 is 6.03 Å². The summed E-state index contributed by atoms with van der Waals surface area (Å²) in [6.45, 7) is 5.20. The summed E-state index contributed by atoms with van der Waals surface area (Å²) >= 11 is 0. The van der Waals surface area contributed by atoms with Gasteiger partial charge in [0.1, 0.15) is 0 Å². The van der Waals surface area contributed by atoms with E-state index in [4.69, 9.17) is 9.47 Å². The van der Waals surface area contributed by atoms with Crippen molar-refractivity contribution in [1.29, 1.82) is 0 Å². The first kappa shape index (κ1) is 18.6. The average Bonchev–Trinajstić information content (AvgIpc) is 2.92. The minimum absolute atomic E-state index is 0.00369. The van der Waals surface area contributed by atoms with E-state index in [1.807, 2.05) is 13.8 Å². The molecule has 8 heteroatoms. The van der Waals surface area contributed by atoms with Gasteiger partial charge in [0.05, 0.1) is 19.8 Å². The smallest absolute Gasteiger partial charge is 0.324 e. The van der Waals surface area contributed by atoms with Crippen LogP contribution in [0.5, 0.6) is 11.5 Å². The average molecular weight is 349 g/mol. The van der Waals surface area contributed by atoms with Crippen molar-refractivity contribution in [3.8, 4) is 11.5 Å². The number of carbonyl (C=O) groups excluding carboxylic acids is 3. The fourth-order valence-corrected chi connectivity index (χ4v) is 2.31. The van der Waals surface area contributed by atoms with Gasteiger partial charge in [0, 0.05) is 18.7 Å². The van der Waals surface area contributed by atoms with E-state index in [2.05, 4.69) is 10.6 Å². The van der Waals surface area contributed by atoms with Crippen molar-refractivity contribution in [2.24, 2.45) is 0 Å². The molecule has 1 heterocycles. The Balaban J connectivity index is 1.95. The van der Waals surface area contributed by atoms with Gasteiger partial charge < -0.3 is 20.1 Å². The van der Waals surface area contributed by atoms with Gasteiger partial charge in [-0.05, 0) is 31.5 Å². The van der Waals surface area contributed by atoms with Crippen LogP contribution in [0.1, 0.15) is 30.6 Å². The molecule has 1 aliphatic rings. The van der Waals surface area contributed by atoms with Gasteiger partial charge in [-0.2, -0.15) is 0 Å². The van der Waals surface area contributed by atoms with Crippen LogP contribution in [0.25, 0.3) is 0 Å². The second-order valence-corrected chi connectivity index (χ2v) is 5.40. The predicted molar refractivity (Wildman–Crippen MR) is 90.8 cm³/mol. The van der Waals surface area contributed by atoms with Crippen molar-refractivity contribution in [1.82, 2.24) is 15.5 Å². The van der Waals surface area contributed by atoms with Crippen molar-refractivity contribution in [3.63, 3.8) is 0 Å². The lowest BCUT2D eigenvalue weighted by Gasteiger charge is -2.14. The largest absolute Gasteiger partial charge is 0.490 e. The van der Waals surface area contributed by atoms with E-state index in [-0.39, 0.29) is 31.4 Å². The highest BCUT2D eigenvalue weighted by atomic mass is 16.5. The van der Waals surface area contributed by atoms with Crippen LogP contribution >= 0.6 is 0 Å². The summed E-state index contributed by atoms with van der Waals surface area (Å²) in [6, 6.07) is 4.54.